The zero-order valence-corrected chi connectivity index (χ0v) is 11.9. The minimum Gasteiger partial charge on any atom is -0.385 e. The van der Waals surface area contributed by atoms with Gasteiger partial charge in [0.2, 0.25) is 0 Å². The molecule has 0 saturated carbocycles. The fraction of sp³-hybridized carbons (Fsp3) is 0.333. The molecule has 0 aliphatic rings. The van der Waals surface area contributed by atoms with Crippen LogP contribution in [0.4, 0.5) is 11.4 Å². The lowest BCUT2D eigenvalue weighted by Crippen LogP contribution is -2.15. The summed E-state index contributed by atoms with van der Waals surface area (Å²) in [5, 5.41) is 3.17. The molecule has 4 nitrogen and oxygen atoms in total. The molecule has 0 saturated heterocycles. The predicted octanol–water partition coefficient (Wildman–Crippen LogP) is 3.05. The maximum Gasteiger partial charge on any atom is 0.0394 e. The van der Waals surface area contributed by atoms with Crippen LogP contribution in [0.2, 0.25) is 0 Å². The molecule has 0 atom stereocenters. The summed E-state index contributed by atoms with van der Waals surface area (Å²) in [6.45, 7) is 6.19. The van der Waals surface area contributed by atoms with Crippen LogP contribution in [0.5, 0.6) is 0 Å². The molecule has 102 valence electrons. The third-order valence-corrected chi connectivity index (χ3v) is 2.64. The number of nitrogens with one attached hydrogen (secondary N) is 1. The highest BCUT2D eigenvalue weighted by molar-refractivity contribution is 5.43. The number of pyridine rings is 2. The Labute approximate surface area is 115 Å². The minimum atomic E-state index is 0.962. The first kappa shape index (κ1) is 15.0. The maximum absolute atomic E-state index is 3.94. The van der Waals surface area contributed by atoms with Gasteiger partial charge in [0.15, 0.2) is 0 Å². The van der Waals surface area contributed by atoms with Gasteiger partial charge in [-0.1, -0.05) is 0 Å². The molecule has 0 unspecified atom stereocenters. The number of hydrogen-bond acceptors (Lipinski definition) is 4. The SMILES string of the molecule is CCN(C)c1ccncc1.CCNc1ccncc1. The van der Waals surface area contributed by atoms with E-state index in [-0.39, 0.29) is 0 Å². The molecular weight excluding hydrogens is 236 g/mol. The Balaban J connectivity index is 0.000000191. The van der Waals surface area contributed by atoms with E-state index in [4.69, 9.17) is 0 Å². The van der Waals surface area contributed by atoms with E-state index < -0.39 is 0 Å². The van der Waals surface area contributed by atoms with Crippen molar-refractivity contribution in [1.29, 1.82) is 0 Å². The average Bonchev–Trinajstić information content (AvgIpc) is 2.49. The Bertz CT molecular complexity index is 430. The van der Waals surface area contributed by atoms with Gasteiger partial charge in [0, 0.05) is 56.3 Å². The van der Waals surface area contributed by atoms with Crippen molar-refractivity contribution in [2.45, 2.75) is 13.8 Å². The van der Waals surface area contributed by atoms with Crippen LogP contribution < -0.4 is 10.2 Å². The fourth-order valence-corrected chi connectivity index (χ4v) is 1.45. The van der Waals surface area contributed by atoms with Gasteiger partial charge >= 0.3 is 0 Å². The van der Waals surface area contributed by atoms with Gasteiger partial charge in [0.05, 0.1) is 0 Å². The molecule has 2 aromatic rings. The molecule has 0 fully saturated rings. The molecule has 0 radical (unpaired) electrons. The quantitative estimate of drug-likeness (QED) is 0.915. The van der Waals surface area contributed by atoms with E-state index in [1.54, 1.807) is 12.4 Å². The Morgan fingerprint density at radius 3 is 1.95 bits per heavy atom. The van der Waals surface area contributed by atoms with E-state index in [0.29, 0.717) is 0 Å². The second-order valence-electron chi connectivity index (χ2n) is 3.99. The van der Waals surface area contributed by atoms with Gasteiger partial charge in [-0.3, -0.25) is 9.97 Å². The van der Waals surface area contributed by atoms with Crippen LogP contribution in [0.3, 0.4) is 0 Å². The van der Waals surface area contributed by atoms with Gasteiger partial charge < -0.3 is 10.2 Å². The standard InChI is InChI=1S/C8H12N2.C7H10N2/c1-3-10(2)8-4-6-9-7-5-8;1-2-9-7-3-5-8-6-4-7/h4-7H,3H2,1-2H3;3-6H,2H2,1H3,(H,8,9). The smallest absolute Gasteiger partial charge is 0.0394 e. The zero-order valence-electron chi connectivity index (χ0n) is 11.9. The summed E-state index contributed by atoms with van der Waals surface area (Å²) in [4.78, 5) is 9.99. The first-order valence-corrected chi connectivity index (χ1v) is 6.53. The van der Waals surface area contributed by atoms with E-state index in [2.05, 4.69) is 41.1 Å². The Hall–Kier alpha value is -2.10. The van der Waals surface area contributed by atoms with Crippen LogP contribution in [-0.4, -0.2) is 30.1 Å². The molecule has 0 aromatic carbocycles. The zero-order chi connectivity index (χ0) is 13.9. The predicted molar refractivity (Wildman–Crippen MR) is 81.6 cm³/mol. The summed E-state index contributed by atoms with van der Waals surface area (Å²) >= 11 is 0. The van der Waals surface area contributed by atoms with Crippen molar-refractivity contribution >= 4 is 11.4 Å². The number of anilines is 2. The molecule has 0 spiro atoms. The van der Waals surface area contributed by atoms with Crippen molar-refractivity contribution < 1.29 is 0 Å². The molecule has 2 heterocycles. The van der Waals surface area contributed by atoms with Gasteiger partial charge in [0.1, 0.15) is 0 Å². The van der Waals surface area contributed by atoms with E-state index in [1.165, 1.54) is 5.69 Å². The van der Waals surface area contributed by atoms with E-state index in [1.807, 2.05) is 36.7 Å². The van der Waals surface area contributed by atoms with E-state index in [0.717, 1.165) is 18.8 Å². The summed E-state index contributed by atoms with van der Waals surface area (Å²) in [7, 11) is 2.06. The average molecular weight is 258 g/mol. The monoisotopic (exact) mass is 258 g/mol. The van der Waals surface area contributed by atoms with Crippen LogP contribution in [-0.2, 0) is 0 Å². The number of hydrogen-bond donors (Lipinski definition) is 1. The summed E-state index contributed by atoms with van der Waals surface area (Å²) in [6, 6.07) is 7.90. The lowest BCUT2D eigenvalue weighted by molar-refractivity contribution is 0.965. The highest BCUT2D eigenvalue weighted by Gasteiger charge is 1.93. The molecule has 2 aromatic heterocycles. The second kappa shape index (κ2) is 8.91. The molecule has 0 aliphatic heterocycles. The van der Waals surface area contributed by atoms with Crippen LogP contribution in [0.25, 0.3) is 0 Å². The molecule has 0 bridgehead atoms. The normalized spacial score (nSPS) is 9.21. The van der Waals surface area contributed by atoms with Crippen LogP contribution in [0.1, 0.15) is 13.8 Å². The van der Waals surface area contributed by atoms with Gasteiger partial charge in [-0.15, -0.1) is 0 Å². The molecule has 4 heteroatoms. The number of rotatable bonds is 4. The van der Waals surface area contributed by atoms with Crippen molar-refractivity contribution in [2.75, 3.05) is 30.4 Å². The summed E-state index contributed by atoms with van der Waals surface area (Å²) in [5.74, 6) is 0. The summed E-state index contributed by atoms with van der Waals surface area (Å²) in [5.41, 5.74) is 2.35. The summed E-state index contributed by atoms with van der Waals surface area (Å²) in [6.07, 6.45) is 7.17. The minimum absolute atomic E-state index is 0.962. The number of aromatic nitrogens is 2. The Morgan fingerprint density at radius 1 is 0.947 bits per heavy atom. The molecule has 2 rings (SSSR count). The summed E-state index contributed by atoms with van der Waals surface area (Å²) < 4.78 is 0. The van der Waals surface area contributed by atoms with E-state index in [9.17, 15) is 0 Å². The first-order chi connectivity index (χ1) is 9.27. The number of nitrogens with zero attached hydrogens (tertiary/aromatic N) is 3. The highest BCUT2D eigenvalue weighted by atomic mass is 15.1. The maximum atomic E-state index is 3.94. The second-order valence-corrected chi connectivity index (χ2v) is 3.99. The third-order valence-electron chi connectivity index (χ3n) is 2.64. The molecule has 1 N–H and O–H groups in total. The highest BCUT2D eigenvalue weighted by Crippen LogP contribution is 2.07. The first-order valence-electron chi connectivity index (χ1n) is 6.53. The molecule has 0 amide bonds. The Kier molecular flexibility index (Phi) is 7.02. The van der Waals surface area contributed by atoms with Crippen LogP contribution in [0, 0.1) is 0 Å². The van der Waals surface area contributed by atoms with Crippen molar-refractivity contribution in [2.24, 2.45) is 0 Å². The van der Waals surface area contributed by atoms with Crippen LogP contribution in [0.15, 0.2) is 49.1 Å². The van der Waals surface area contributed by atoms with Crippen molar-refractivity contribution in [1.82, 2.24) is 9.97 Å². The Morgan fingerprint density at radius 2 is 1.47 bits per heavy atom. The van der Waals surface area contributed by atoms with Gasteiger partial charge in [-0.05, 0) is 38.1 Å². The molecule has 0 aliphatic carbocycles. The van der Waals surface area contributed by atoms with Gasteiger partial charge in [-0.25, -0.2) is 0 Å². The third kappa shape index (κ3) is 5.86. The lowest BCUT2D eigenvalue weighted by atomic mass is 10.4. The van der Waals surface area contributed by atoms with Crippen molar-refractivity contribution in [3.8, 4) is 0 Å². The van der Waals surface area contributed by atoms with Crippen molar-refractivity contribution in [3.05, 3.63) is 49.1 Å². The largest absolute Gasteiger partial charge is 0.385 e. The molecule has 19 heavy (non-hydrogen) atoms. The lowest BCUT2D eigenvalue weighted by Gasteiger charge is -2.15. The van der Waals surface area contributed by atoms with Gasteiger partial charge in [-0.2, -0.15) is 0 Å². The topological polar surface area (TPSA) is 41.1 Å². The van der Waals surface area contributed by atoms with Gasteiger partial charge in [0.25, 0.3) is 0 Å². The van der Waals surface area contributed by atoms with E-state index >= 15 is 0 Å². The van der Waals surface area contributed by atoms with Crippen molar-refractivity contribution in [3.63, 3.8) is 0 Å². The van der Waals surface area contributed by atoms with Crippen LogP contribution >= 0.6 is 0 Å². The fourth-order valence-electron chi connectivity index (χ4n) is 1.45. The molecular formula is C15H22N4.